The van der Waals surface area contributed by atoms with Crippen LogP contribution in [0, 0.1) is 12.8 Å². The third-order valence-corrected chi connectivity index (χ3v) is 3.23. The van der Waals surface area contributed by atoms with Crippen molar-refractivity contribution < 1.29 is 4.79 Å². The summed E-state index contributed by atoms with van der Waals surface area (Å²) < 4.78 is 0. The minimum Gasteiger partial charge on any atom is -0.299 e. The number of ketones is 1. The van der Waals surface area contributed by atoms with Gasteiger partial charge in [0.1, 0.15) is 5.78 Å². The van der Waals surface area contributed by atoms with Crippen LogP contribution < -0.4 is 0 Å². The second-order valence-electron chi connectivity index (χ2n) is 4.34. The highest BCUT2D eigenvalue weighted by Crippen LogP contribution is 2.31. The maximum absolute atomic E-state index is 11.5. The van der Waals surface area contributed by atoms with Gasteiger partial charge in [-0.3, -0.25) is 4.79 Å². The Bertz CT molecular complexity index is 380. The van der Waals surface area contributed by atoms with Crippen LogP contribution in [0.4, 0.5) is 0 Å². The molecule has 80 valence electrons. The molecule has 1 saturated carbocycles. The highest BCUT2D eigenvalue weighted by atomic mass is 35.5. The first kappa shape index (κ1) is 10.7. The van der Waals surface area contributed by atoms with Gasteiger partial charge in [-0.05, 0) is 43.4 Å². The number of hydrogen-bond donors (Lipinski definition) is 0. The van der Waals surface area contributed by atoms with Crippen LogP contribution in [0.15, 0.2) is 18.2 Å². The van der Waals surface area contributed by atoms with E-state index in [0.29, 0.717) is 18.1 Å². The van der Waals surface area contributed by atoms with Crippen molar-refractivity contribution in [2.75, 3.05) is 0 Å². The highest BCUT2D eigenvalue weighted by Gasteiger charge is 2.28. The van der Waals surface area contributed by atoms with Gasteiger partial charge in [0, 0.05) is 17.4 Å². The van der Waals surface area contributed by atoms with Gasteiger partial charge in [0.2, 0.25) is 0 Å². The molecule has 0 heterocycles. The minimum atomic E-state index is 0.370. The molecule has 2 rings (SSSR count). The van der Waals surface area contributed by atoms with Gasteiger partial charge in [-0.1, -0.05) is 23.7 Å². The van der Waals surface area contributed by atoms with Gasteiger partial charge in [0.15, 0.2) is 0 Å². The third kappa shape index (κ3) is 2.82. The first-order valence-electron chi connectivity index (χ1n) is 5.44. The van der Waals surface area contributed by atoms with Crippen LogP contribution >= 0.6 is 11.6 Å². The number of hydrogen-bond acceptors (Lipinski definition) is 1. The van der Waals surface area contributed by atoms with Gasteiger partial charge in [-0.25, -0.2) is 0 Å². The molecule has 0 bridgehead atoms. The SMILES string of the molecule is Cc1ccc(CCC(=O)C2CC2)c(Cl)c1. The molecule has 1 nitrogen and oxygen atoms in total. The van der Waals surface area contributed by atoms with Crippen LogP contribution in [0.5, 0.6) is 0 Å². The van der Waals surface area contributed by atoms with E-state index in [1.165, 1.54) is 0 Å². The number of carbonyl (C=O) groups is 1. The summed E-state index contributed by atoms with van der Waals surface area (Å²) in [7, 11) is 0. The standard InChI is InChI=1S/C13H15ClO/c1-9-2-3-10(12(14)8-9)6-7-13(15)11-4-5-11/h2-3,8,11H,4-7H2,1H3. The third-order valence-electron chi connectivity index (χ3n) is 2.88. The summed E-state index contributed by atoms with van der Waals surface area (Å²) in [5.74, 6) is 0.779. The van der Waals surface area contributed by atoms with Crippen molar-refractivity contribution in [2.45, 2.75) is 32.6 Å². The predicted molar refractivity (Wildman–Crippen MR) is 62.2 cm³/mol. The van der Waals surface area contributed by atoms with Gasteiger partial charge < -0.3 is 0 Å². The summed E-state index contributed by atoms with van der Waals surface area (Å²) in [4.78, 5) is 11.5. The lowest BCUT2D eigenvalue weighted by Crippen LogP contribution is -2.02. The van der Waals surface area contributed by atoms with Crippen molar-refractivity contribution in [3.05, 3.63) is 34.3 Å². The van der Waals surface area contributed by atoms with Crippen molar-refractivity contribution in [3.63, 3.8) is 0 Å². The molecule has 15 heavy (non-hydrogen) atoms. The summed E-state index contributed by atoms with van der Waals surface area (Å²) in [5, 5.41) is 0.790. The lowest BCUT2D eigenvalue weighted by Gasteiger charge is -2.04. The molecule has 0 radical (unpaired) electrons. The van der Waals surface area contributed by atoms with Crippen LogP contribution in [0.25, 0.3) is 0 Å². The molecule has 1 aliphatic rings. The lowest BCUT2D eigenvalue weighted by atomic mass is 10.0. The molecule has 1 aromatic carbocycles. The summed E-state index contributed by atoms with van der Waals surface area (Å²) in [6.07, 6.45) is 3.63. The topological polar surface area (TPSA) is 17.1 Å². The molecular weight excluding hydrogens is 208 g/mol. The average molecular weight is 223 g/mol. The van der Waals surface area contributed by atoms with Crippen molar-refractivity contribution in [1.82, 2.24) is 0 Å². The van der Waals surface area contributed by atoms with E-state index in [-0.39, 0.29) is 0 Å². The second-order valence-corrected chi connectivity index (χ2v) is 4.74. The quantitative estimate of drug-likeness (QED) is 0.762. The first-order chi connectivity index (χ1) is 7.16. The Morgan fingerprint density at radius 3 is 2.80 bits per heavy atom. The number of halogens is 1. The molecule has 1 aromatic rings. The fraction of sp³-hybridized carbons (Fsp3) is 0.462. The van der Waals surface area contributed by atoms with Crippen LogP contribution in [-0.4, -0.2) is 5.78 Å². The summed E-state index contributed by atoms with van der Waals surface area (Å²) in [6, 6.07) is 6.03. The Kier molecular flexibility index (Phi) is 3.11. The van der Waals surface area contributed by atoms with Crippen LogP contribution in [0.1, 0.15) is 30.4 Å². The van der Waals surface area contributed by atoms with E-state index in [1.807, 2.05) is 25.1 Å². The Labute approximate surface area is 95.4 Å². The van der Waals surface area contributed by atoms with Crippen LogP contribution in [0.2, 0.25) is 5.02 Å². The number of aryl methyl sites for hydroxylation is 2. The van der Waals surface area contributed by atoms with Crippen molar-refractivity contribution in [2.24, 2.45) is 5.92 Å². The zero-order valence-electron chi connectivity index (χ0n) is 8.92. The second kappa shape index (κ2) is 4.36. The Hall–Kier alpha value is -0.820. The minimum absolute atomic E-state index is 0.370. The summed E-state index contributed by atoms with van der Waals surface area (Å²) in [5.41, 5.74) is 2.26. The molecule has 0 aliphatic heterocycles. The average Bonchev–Trinajstić information content (AvgIpc) is 2.99. The first-order valence-corrected chi connectivity index (χ1v) is 5.82. The van der Waals surface area contributed by atoms with E-state index in [9.17, 15) is 4.79 Å². The molecule has 2 heteroatoms. The molecular formula is C13H15ClO. The molecule has 0 spiro atoms. The molecule has 0 aromatic heterocycles. The summed E-state index contributed by atoms with van der Waals surface area (Å²) >= 11 is 6.10. The van der Waals surface area contributed by atoms with Crippen LogP contribution in [-0.2, 0) is 11.2 Å². The maximum atomic E-state index is 11.5. The molecule has 1 aliphatic carbocycles. The van der Waals surface area contributed by atoms with Gasteiger partial charge >= 0.3 is 0 Å². The summed E-state index contributed by atoms with van der Waals surface area (Å²) in [6.45, 7) is 2.02. The number of carbonyl (C=O) groups excluding carboxylic acids is 1. The zero-order chi connectivity index (χ0) is 10.8. The van der Waals surface area contributed by atoms with Gasteiger partial charge in [0.25, 0.3) is 0 Å². The Morgan fingerprint density at radius 2 is 2.20 bits per heavy atom. The fourth-order valence-corrected chi connectivity index (χ4v) is 2.05. The monoisotopic (exact) mass is 222 g/mol. The van der Waals surface area contributed by atoms with Crippen LogP contribution in [0.3, 0.4) is 0 Å². The number of benzene rings is 1. The highest BCUT2D eigenvalue weighted by molar-refractivity contribution is 6.31. The Balaban J connectivity index is 1.95. The zero-order valence-corrected chi connectivity index (χ0v) is 9.68. The molecule has 0 atom stereocenters. The molecule has 0 saturated heterocycles. The van der Waals surface area contributed by atoms with Gasteiger partial charge in [-0.15, -0.1) is 0 Å². The number of rotatable bonds is 4. The lowest BCUT2D eigenvalue weighted by molar-refractivity contribution is -0.120. The van der Waals surface area contributed by atoms with E-state index >= 15 is 0 Å². The fourth-order valence-electron chi connectivity index (χ4n) is 1.72. The van der Waals surface area contributed by atoms with E-state index in [2.05, 4.69) is 0 Å². The van der Waals surface area contributed by atoms with E-state index in [0.717, 1.165) is 35.4 Å². The van der Waals surface area contributed by atoms with Crippen molar-refractivity contribution in [3.8, 4) is 0 Å². The molecule has 0 amide bonds. The number of Topliss-reactive ketones (excluding diaryl/α,β-unsaturated/α-hetero) is 1. The van der Waals surface area contributed by atoms with Gasteiger partial charge in [-0.2, -0.15) is 0 Å². The smallest absolute Gasteiger partial charge is 0.136 e. The Morgan fingerprint density at radius 1 is 1.47 bits per heavy atom. The predicted octanol–water partition coefficient (Wildman–Crippen LogP) is 3.56. The molecule has 0 unspecified atom stereocenters. The maximum Gasteiger partial charge on any atom is 0.136 e. The normalized spacial score (nSPS) is 15.3. The molecule has 1 fully saturated rings. The van der Waals surface area contributed by atoms with Crippen molar-refractivity contribution in [1.29, 1.82) is 0 Å². The van der Waals surface area contributed by atoms with E-state index in [1.54, 1.807) is 0 Å². The van der Waals surface area contributed by atoms with Gasteiger partial charge in [0.05, 0.1) is 0 Å². The van der Waals surface area contributed by atoms with Crippen molar-refractivity contribution >= 4 is 17.4 Å². The van der Waals surface area contributed by atoms with E-state index < -0.39 is 0 Å². The van der Waals surface area contributed by atoms with E-state index in [4.69, 9.17) is 11.6 Å². The molecule has 0 N–H and O–H groups in total. The largest absolute Gasteiger partial charge is 0.299 e.